The van der Waals surface area contributed by atoms with E-state index in [4.69, 9.17) is 0 Å². The third-order valence-corrected chi connectivity index (χ3v) is 3.76. The smallest absolute Gasteiger partial charge is 0.269 e. The fraction of sp³-hybridized carbons (Fsp3) is 0.417. The van der Waals surface area contributed by atoms with Crippen molar-refractivity contribution in [3.8, 4) is 0 Å². The molecule has 1 aliphatic heterocycles. The van der Waals surface area contributed by atoms with E-state index < -0.39 is 0 Å². The summed E-state index contributed by atoms with van der Waals surface area (Å²) in [7, 11) is 0. The van der Waals surface area contributed by atoms with Crippen LogP contribution >= 0.6 is 0 Å². The zero-order valence-electron chi connectivity index (χ0n) is 9.18. The van der Waals surface area contributed by atoms with Crippen molar-refractivity contribution in [1.82, 2.24) is 0 Å². The van der Waals surface area contributed by atoms with Crippen LogP contribution in [0.5, 0.6) is 0 Å². The van der Waals surface area contributed by atoms with Crippen LogP contribution in [-0.2, 0) is 4.79 Å². The molecule has 3 rings (SSSR count). The number of fused-ring (bicyclic) bond motifs is 3. The maximum Gasteiger partial charge on any atom is 0.269 e. The first-order valence-corrected chi connectivity index (χ1v) is 5.76. The molecule has 1 fully saturated rings. The van der Waals surface area contributed by atoms with Crippen LogP contribution < -0.4 is 5.32 Å². The lowest BCUT2D eigenvalue weighted by atomic mass is 9.84. The lowest BCUT2D eigenvalue weighted by molar-refractivity contribution is -0.384. The van der Waals surface area contributed by atoms with Gasteiger partial charge in [-0.2, -0.15) is 0 Å². The zero-order chi connectivity index (χ0) is 12.0. The number of nitrogens with zero attached hydrogens (tertiary/aromatic N) is 1. The molecule has 1 aromatic rings. The highest BCUT2D eigenvalue weighted by Crippen LogP contribution is 2.46. The van der Waals surface area contributed by atoms with Gasteiger partial charge in [-0.1, -0.05) is 6.42 Å². The highest BCUT2D eigenvalue weighted by Gasteiger charge is 2.39. The van der Waals surface area contributed by atoms with Gasteiger partial charge in [0.05, 0.1) is 4.92 Å². The van der Waals surface area contributed by atoms with E-state index in [1.807, 2.05) is 0 Å². The summed E-state index contributed by atoms with van der Waals surface area (Å²) in [5, 5.41) is 13.6. The molecular formula is C12H12N2O3. The Kier molecular flexibility index (Phi) is 2.14. The van der Waals surface area contributed by atoms with Gasteiger partial charge in [-0.15, -0.1) is 0 Å². The number of nitro groups is 1. The Morgan fingerprint density at radius 3 is 2.82 bits per heavy atom. The third kappa shape index (κ3) is 1.50. The van der Waals surface area contributed by atoms with Gasteiger partial charge in [0.15, 0.2) is 0 Å². The molecule has 1 aromatic carbocycles. The standard InChI is InChI=1S/C12H12N2O3/c15-12-9-3-1-2-8(9)10-6-7(14(16)17)4-5-11(10)13-12/h4-6,8-9H,1-3H2,(H,13,15). The summed E-state index contributed by atoms with van der Waals surface area (Å²) in [6.45, 7) is 0. The van der Waals surface area contributed by atoms with Crippen LogP contribution in [0.1, 0.15) is 30.7 Å². The SMILES string of the molecule is O=C1Nc2ccc([N+](=O)[O-])cc2C2CCCC12. The second kappa shape index (κ2) is 3.55. The fourth-order valence-corrected chi connectivity index (χ4v) is 2.96. The maximum absolute atomic E-state index is 11.8. The normalized spacial score (nSPS) is 26.0. The lowest BCUT2D eigenvalue weighted by Crippen LogP contribution is -2.30. The average molecular weight is 232 g/mol. The van der Waals surface area contributed by atoms with E-state index in [1.54, 1.807) is 12.1 Å². The van der Waals surface area contributed by atoms with Crippen LogP contribution in [0.3, 0.4) is 0 Å². The maximum atomic E-state index is 11.8. The van der Waals surface area contributed by atoms with Gasteiger partial charge in [0.2, 0.25) is 5.91 Å². The highest BCUT2D eigenvalue weighted by molar-refractivity contribution is 5.97. The van der Waals surface area contributed by atoms with Gasteiger partial charge in [0.25, 0.3) is 5.69 Å². The van der Waals surface area contributed by atoms with Crippen LogP contribution in [0.15, 0.2) is 18.2 Å². The van der Waals surface area contributed by atoms with Gasteiger partial charge in [-0.3, -0.25) is 14.9 Å². The molecule has 0 bridgehead atoms. The number of amides is 1. The summed E-state index contributed by atoms with van der Waals surface area (Å²) in [5.41, 5.74) is 1.77. The Morgan fingerprint density at radius 2 is 2.06 bits per heavy atom. The summed E-state index contributed by atoms with van der Waals surface area (Å²) >= 11 is 0. The van der Waals surface area contributed by atoms with E-state index in [2.05, 4.69) is 5.32 Å². The van der Waals surface area contributed by atoms with Crippen molar-refractivity contribution >= 4 is 17.3 Å². The van der Waals surface area contributed by atoms with Gasteiger partial charge >= 0.3 is 0 Å². The number of carbonyl (C=O) groups excluding carboxylic acids is 1. The molecule has 5 heteroatoms. The lowest BCUT2D eigenvalue weighted by Gasteiger charge is -2.27. The van der Waals surface area contributed by atoms with Crippen molar-refractivity contribution in [3.63, 3.8) is 0 Å². The quantitative estimate of drug-likeness (QED) is 0.597. The summed E-state index contributed by atoms with van der Waals surface area (Å²) in [6.07, 6.45) is 2.86. The van der Waals surface area contributed by atoms with Crippen LogP contribution in [-0.4, -0.2) is 10.8 Å². The minimum atomic E-state index is -0.388. The van der Waals surface area contributed by atoms with E-state index in [1.165, 1.54) is 6.07 Å². The molecule has 1 N–H and O–H groups in total. The summed E-state index contributed by atoms with van der Waals surface area (Å²) in [6, 6.07) is 4.69. The van der Waals surface area contributed by atoms with Crippen molar-refractivity contribution in [1.29, 1.82) is 0 Å². The third-order valence-electron chi connectivity index (χ3n) is 3.76. The van der Waals surface area contributed by atoms with Gasteiger partial charge in [0.1, 0.15) is 0 Å². The molecule has 0 radical (unpaired) electrons. The predicted octanol–water partition coefficient (Wildman–Crippen LogP) is 2.43. The molecule has 1 aliphatic carbocycles. The molecule has 2 atom stereocenters. The largest absolute Gasteiger partial charge is 0.326 e. The van der Waals surface area contributed by atoms with Gasteiger partial charge in [-0.25, -0.2) is 0 Å². The first-order chi connectivity index (χ1) is 8.16. The molecule has 5 nitrogen and oxygen atoms in total. The molecule has 88 valence electrons. The van der Waals surface area contributed by atoms with Crippen LogP contribution in [0.2, 0.25) is 0 Å². The van der Waals surface area contributed by atoms with Crippen molar-refractivity contribution in [3.05, 3.63) is 33.9 Å². The highest BCUT2D eigenvalue weighted by atomic mass is 16.6. The first kappa shape index (κ1) is 10.3. The van der Waals surface area contributed by atoms with Crippen LogP contribution in [0.4, 0.5) is 11.4 Å². The monoisotopic (exact) mass is 232 g/mol. The van der Waals surface area contributed by atoms with E-state index >= 15 is 0 Å². The average Bonchev–Trinajstić information content (AvgIpc) is 2.78. The molecule has 1 heterocycles. The Labute approximate surface area is 98.0 Å². The molecule has 17 heavy (non-hydrogen) atoms. The number of benzene rings is 1. The number of hydrogen-bond donors (Lipinski definition) is 1. The number of hydrogen-bond acceptors (Lipinski definition) is 3. The topological polar surface area (TPSA) is 72.2 Å². The van der Waals surface area contributed by atoms with Gasteiger partial charge < -0.3 is 5.32 Å². The van der Waals surface area contributed by atoms with Crippen molar-refractivity contribution in [2.45, 2.75) is 25.2 Å². The Hall–Kier alpha value is -1.91. The Balaban J connectivity index is 2.09. The van der Waals surface area contributed by atoms with E-state index in [0.717, 1.165) is 30.5 Å². The summed E-state index contributed by atoms with van der Waals surface area (Å²) in [5.74, 6) is 0.233. The molecule has 0 saturated heterocycles. The fourth-order valence-electron chi connectivity index (χ4n) is 2.96. The number of nitro benzene ring substituents is 1. The second-order valence-electron chi connectivity index (χ2n) is 4.66. The summed E-state index contributed by atoms with van der Waals surface area (Å²) in [4.78, 5) is 22.2. The minimum absolute atomic E-state index is 0.00417. The van der Waals surface area contributed by atoms with Gasteiger partial charge in [0, 0.05) is 23.7 Å². The number of rotatable bonds is 1. The Morgan fingerprint density at radius 1 is 1.29 bits per heavy atom. The molecule has 0 aromatic heterocycles. The van der Waals surface area contributed by atoms with Crippen molar-refractivity contribution in [2.24, 2.45) is 5.92 Å². The van der Waals surface area contributed by atoms with Crippen LogP contribution in [0, 0.1) is 16.0 Å². The molecule has 0 spiro atoms. The Bertz CT molecular complexity index is 512. The minimum Gasteiger partial charge on any atom is -0.326 e. The molecule has 1 amide bonds. The molecule has 2 aliphatic rings. The van der Waals surface area contributed by atoms with Crippen LogP contribution in [0.25, 0.3) is 0 Å². The number of non-ortho nitro benzene ring substituents is 1. The zero-order valence-corrected chi connectivity index (χ0v) is 9.18. The van der Waals surface area contributed by atoms with E-state index in [-0.39, 0.29) is 28.4 Å². The van der Waals surface area contributed by atoms with Crippen molar-refractivity contribution < 1.29 is 9.72 Å². The number of nitrogens with one attached hydrogen (secondary N) is 1. The number of anilines is 1. The first-order valence-electron chi connectivity index (χ1n) is 5.76. The van der Waals surface area contributed by atoms with Crippen molar-refractivity contribution in [2.75, 3.05) is 5.32 Å². The molecule has 2 unspecified atom stereocenters. The van der Waals surface area contributed by atoms with E-state index in [9.17, 15) is 14.9 Å². The molecule has 1 saturated carbocycles. The second-order valence-corrected chi connectivity index (χ2v) is 4.66. The van der Waals surface area contributed by atoms with E-state index in [0.29, 0.717) is 0 Å². The molecular weight excluding hydrogens is 220 g/mol. The summed E-state index contributed by atoms with van der Waals surface area (Å²) < 4.78 is 0. The predicted molar refractivity (Wildman–Crippen MR) is 61.8 cm³/mol. The van der Waals surface area contributed by atoms with Gasteiger partial charge in [-0.05, 0) is 30.4 Å². The number of carbonyl (C=O) groups is 1.